The van der Waals surface area contributed by atoms with E-state index < -0.39 is 0 Å². The lowest BCUT2D eigenvalue weighted by atomic mass is 10.3. The molecule has 2 heterocycles. The Hall–Kier alpha value is -2.67. The summed E-state index contributed by atoms with van der Waals surface area (Å²) >= 11 is 1.65. The van der Waals surface area contributed by atoms with Crippen LogP contribution in [0.4, 0.5) is 0 Å². The molecule has 6 nitrogen and oxygen atoms in total. The Labute approximate surface area is 162 Å². The van der Waals surface area contributed by atoms with Crippen LogP contribution in [0, 0.1) is 0 Å². The third kappa shape index (κ3) is 3.47. The van der Waals surface area contributed by atoms with Gasteiger partial charge in [0.25, 0.3) is 0 Å². The molecule has 0 aliphatic rings. The Balaban J connectivity index is 1.43. The first kappa shape index (κ1) is 17.7. The number of rotatable bonds is 8. The molecule has 0 aliphatic carbocycles. The van der Waals surface area contributed by atoms with Crippen LogP contribution < -0.4 is 9.47 Å². The largest absolute Gasteiger partial charge is 0.494 e. The second-order valence-electron chi connectivity index (χ2n) is 5.95. The van der Waals surface area contributed by atoms with Gasteiger partial charge >= 0.3 is 0 Å². The van der Waals surface area contributed by atoms with Gasteiger partial charge in [-0.2, -0.15) is 0 Å². The van der Waals surface area contributed by atoms with Crippen LogP contribution in [0.2, 0.25) is 0 Å². The molecule has 0 amide bonds. The number of aromatic nitrogens is 4. The summed E-state index contributed by atoms with van der Waals surface area (Å²) in [4.78, 5) is 0. The minimum Gasteiger partial charge on any atom is -0.494 e. The van der Waals surface area contributed by atoms with Crippen molar-refractivity contribution in [3.05, 3.63) is 48.5 Å². The van der Waals surface area contributed by atoms with E-state index in [1.165, 1.54) is 5.52 Å². The number of hydrogen-bond acceptors (Lipinski definition) is 5. The number of thioether (sulfide) groups is 1. The van der Waals surface area contributed by atoms with Crippen molar-refractivity contribution < 1.29 is 9.47 Å². The summed E-state index contributed by atoms with van der Waals surface area (Å²) in [6.07, 6.45) is 0. The summed E-state index contributed by atoms with van der Waals surface area (Å²) in [6.45, 7) is 6.22. The van der Waals surface area contributed by atoms with Crippen LogP contribution in [0.3, 0.4) is 0 Å². The van der Waals surface area contributed by atoms with E-state index in [2.05, 4.69) is 44.3 Å². The van der Waals surface area contributed by atoms with Gasteiger partial charge in [0.15, 0.2) is 5.16 Å². The molecule has 0 N–H and O–H groups in total. The highest BCUT2D eigenvalue weighted by molar-refractivity contribution is 7.99. The van der Waals surface area contributed by atoms with Gasteiger partial charge in [0.05, 0.1) is 24.2 Å². The van der Waals surface area contributed by atoms with Crippen LogP contribution in [-0.2, 0) is 6.54 Å². The predicted octanol–water partition coefficient (Wildman–Crippen LogP) is 4.27. The zero-order chi connectivity index (χ0) is 18.6. The summed E-state index contributed by atoms with van der Waals surface area (Å²) < 4.78 is 15.6. The number of imidazole rings is 1. The van der Waals surface area contributed by atoms with Crippen LogP contribution in [0.25, 0.3) is 16.8 Å². The first-order chi connectivity index (χ1) is 13.3. The van der Waals surface area contributed by atoms with E-state index in [-0.39, 0.29) is 0 Å². The lowest BCUT2D eigenvalue weighted by Crippen LogP contribution is -2.01. The number of ether oxygens (including phenoxy) is 2. The summed E-state index contributed by atoms with van der Waals surface area (Å²) in [5.41, 5.74) is 2.31. The minimum atomic E-state index is 0.597. The maximum Gasteiger partial charge on any atom is 0.237 e. The normalized spacial score (nSPS) is 11.3. The van der Waals surface area contributed by atoms with E-state index in [0.717, 1.165) is 40.2 Å². The summed E-state index contributed by atoms with van der Waals surface area (Å²) in [6, 6.07) is 16.0. The van der Waals surface area contributed by atoms with Gasteiger partial charge in [-0.25, -0.2) is 0 Å². The van der Waals surface area contributed by atoms with Gasteiger partial charge in [0.1, 0.15) is 11.5 Å². The third-order valence-electron chi connectivity index (χ3n) is 4.31. The van der Waals surface area contributed by atoms with Crippen molar-refractivity contribution in [1.29, 1.82) is 0 Å². The van der Waals surface area contributed by atoms with Gasteiger partial charge in [0.2, 0.25) is 5.78 Å². The molecule has 0 spiro atoms. The first-order valence-corrected chi connectivity index (χ1v) is 10.1. The molecule has 0 unspecified atom stereocenters. The quantitative estimate of drug-likeness (QED) is 0.336. The lowest BCUT2D eigenvalue weighted by molar-refractivity contribution is 0.332. The molecule has 27 heavy (non-hydrogen) atoms. The maximum atomic E-state index is 5.82. The van der Waals surface area contributed by atoms with Gasteiger partial charge in [-0.15, -0.1) is 10.2 Å². The Bertz CT molecular complexity index is 1040. The van der Waals surface area contributed by atoms with Gasteiger partial charge in [-0.1, -0.05) is 23.9 Å². The molecule has 0 saturated heterocycles. The topological polar surface area (TPSA) is 53.6 Å². The SMILES string of the molecule is CCOc1ccc(OCCSc2nnc3n(CC)c4ccccc4n23)cc1. The summed E-state index contributed by atoms with van der Waals surface area (Å²) in [5.74, 6) is 3.37. The average Bonchev–Trinajstić information content (AvgIpc) is 3.25. The van der Waals surface area contributed by atoms with Crippen molar-refractivity contribution in [1.82, 2.24) is 19.2 Å². The van der Waals surface area contributed by atoms with E-state index in [9.17, 15) is 0 Å². The first-order valence-electron chi connectivity index (χ1n) is 9.12. The van der Waals surface area contributed by atoms with Crippen LogP contribution in [0.5, 0.6) is 11.5 Å². The van der Waals surface area contributed by atoms with Crippen molar-refractivity contribution in [2.24, 2.45) is 0 Å². The summed E-state index contributed by atoms with van der Waals surface area (Å²) in [7, 11) is 0. The molecule has 0 atom stereocenters. The van der Waals surface area contributed by atoms with E-state index in [0.29, 0.717) is 13.2 Å². The molecule has 7 heteroatoms. The molecule has 2 aromatic carbocycles. The number of hydrogen-bond donors (Lipinski definition) is 0. The van der Waals surface area contributed by atoms with Gasteiger partial charge in [0, 0.05) is 12.3 Å². The zero-order valence-corrected chi connectivity index (χ0v) is 16.3. The van der Waals surface area contributed by atoms with Gasteiger partial charge in [-0.05, 0) is 50.2 Å². The smallest absolute Gasteiger partial charge is 0.237 e. The molecule has 4 rings (SSSR count). The van der Waals surface area contributed by atoms with Gasteiger partial charge in [-0.3, -0.25) is 4.40 Å². The molecule has 140 valence electrons. The molecular formula is C20H22N4O2S. The van der Waals surface area contributed by atoms with Crippen molar-refractivity contribution in [3.63, 3.8) is 0 Å². The molecule has 0 fully saturated rings. The zero-order valence-electron chi connectivity index (χ0n) is 15.5. The molecule has 2 aromatic heterocycles. The highest BCUT2D eigenvalue weighted by atomic mass is 32.2. The van der Waals surface area contributed by atoms with Crippen LogP contribution >= 0.6 is 11.8 Å². The fourth-order valence-corrected chi connectivity index (χ4v) is 3.89. The molecule has 0 aliphatic heterocycles. The predicted molar refractivity (Wildman–Crippen MR) is 108 cm³/mol. The monoisotopic (exact) mass is 382 g/mol. The fraction of sp³-hybridized carbons (Fsp3) is 0.300. The Kier molecular flexibility index (Phi) is 5.20. The van der Waals surface area contributed by atoms with E-state index in [1.54, 1.807) is 11.8 Å². The fourth-order valence-electron chi connectivity index (χ4n) is 3.13. The summed E-state index contributed by atoms with van der Waals surface area (Å²) in [5, 5.41) is 9.66. The third-order valence-corrected chi connectivity index (χ3v) is 5.20. The van der Waals surface area contributed by atoms with Crippen molar-refractivity contribution in [2.75, 3.05) is 19.0 Å². The molecule has 4 aromatic rings. The minimum absolute atomic E-state index is 0.597. The standard InChI is InChI=1S/C20H22N4O2S/c1-3-23-17-7-5-6-8-18(17)24-19(23)21-22-20(24)27-14-13-26-16-11-9-15(10-12-16)25-4-2/h5-12H,3-4,13-14H2,1-2H3. The van der Waals surface area contributed by atoms with Crippen molar-refractivity contribution in [2.45, 2.75) is 25.5 Å². The lowest BCUT2D eigenvalue weighted by Gasteiger charge is -2.07. The van der Waals surface area contributed by atoms with Crippen LogP contribution in [0.15, 0.2) is 53.7 Å². The molecular weight excluding hydrogens is 360 g/mol. The second kappa shape index (κ2) is 7.92. The Morgan fingerprint density at radius 3 is 2.30 bits per heavy atom. The average molecular weight is 382 g/mol. The van der Waals surface area contributed by atoms with E-state index >= 15 is 0 Å². The van der Waals surface area contributed by atoms with E-state index in [1.807, 2.05) is 37.3 Å². The van der Waals surface area contributed by atoms with Crippen molar-refractivity contribution in [3.8, 4) is 11.5 Å². The number of nitrogens with zero attached hydrogens (tertiary/aromatic N) is 4. The van der Waals surface area contributed by atoms with Crippen LogP contribution in [-0.4, -0.2) is 38.1 Å². The maximum absolute atomic E-state index is 5.82. The van der Waals surface area contributed by atoms with Gasteiger partial charge < -0.3 is 14.0 Å². The second-order valence-corrected chi connectivity index (χ2v) is 7.01. The van der Waals surface area contributed by atoms with Crippen LogP contribution in [0.1, 0.15) is 13.8 Å². The van der Waals surface area contributed by atoms with E-state index in [4.69, 9.17) is 9.47 Å². The number of fused-ring (bicyclic) bond motifs is 3. The Morgan fingerprint density at radius 1 is 0.889 bits per heavy atom. The highest BCUT2D eigenvalue weighted by Gasteiger charge is 2.15. The Morgan fingerprint density at radius 2 is 1.59 bits per heavy atom. The molecule has 0 saturated carbocycles. The highest BCUT2D eigenvalue weighted by Crippen LogP contribution is 2.26. The number of benzene rings is 2. The van der Waals surface area contributed by atoms with Crippen molar-refractivity contribution >= 4 is 28.6 Å². The molecule has 0 radical (unpaired) electrons. The molecule has 0 bridgehead atoms. The number of aryl methyl sites for hydroxylation is 1. The number of para-hydroxylation sites is 2.